The highest BCUT2D eigenvalue weighted by Gasteiger charge is 2.32. The lowest BCUT2D eigenvalue weighted by Gasteiger charge is -2.27. The van der Waals surface area contributed by atoms with Crippen LogP contribution in [0.3, 0.4) is 0 Å². The molecule has 1 saturated heterocycles. The molecule has 0 bridgehead atoms. The van der Waals surface area contributed by atoms with Crippen molar-refractivity contribution in [3.63, 3.8) is 0 Å². The number of amides is 1. The molecule has 21 heavy (non-hydrogen) atoms. The Labute approximate surface area is 132 Å². The number of hydrogen-bond acceptors (Lipinski definition) is 4. The molecular formula is C15H19BrN2O3. The van der Waals surface area contributed by atoms with Crippen LogP contribution in [0.15, 0.2) is 22.7 Å². The van der Waals surface area contributed by atoms with Crippen molar-refractivity contribution in [2.75, 3.05) is 13.2 Å². The van der Waals surface area contributed by atoms with Gasteiger partial charge in [-0.25, -0.2) is 0 Å². The molecule has 114 valence electrons. The van der Waals surface area contributed by atoms with Crippen molar-refractivity contribution in [3.8, 4) is 5.75 Å². The maximum atomic E-state index is 12.3. The molecule has 1 amide bonds. The van der Waals surface area contributed by atoms with Gasteiger partial charge >= 0.3 is 0 Å². The summed E-state index contributed by atoms with van der Waals surface area (Å²) in [7, 11) is 0. The third-order valence-corrected chi connectivity index (χ3v) is 4.48. The lowest BCUT2D eigenvalue weighted by molar-refractivity contribution is -0.132. The summed E-state index contributed by atoms with van der Waals surface area (Å²) in [6.45, 7) is 1.08. The molecule has 1 fully saturated rings. The Bertz CT molecular complexity index is 538. The molecular weight excluding hydrogens is 336 g/mol. The van der Waals surface area contributed by atoms with Crippen LogP contribution in [0, 0.1) is 0 Å². The van der Waals surface area contributed by atoms with E-state index in [0.29, 0.717) is 13.2 Å². The minimum atomic E-state index is -0.378. The maximum absolute atomic E-state index is 12.3. The fraction of sp³-hybridized carbons (Fsp3) is 0.533. The van der Waals surface area contributed by atoms with E-state index in [1.807, 2.05) is 18.2 Å². The van der Waals surface area contributed by atoms with E-state index in [2.05, 4.69) is 21.2 Å². The van der Waals surface area contributed by atoms with Gasteiger partial charge in [0.05, 0.1) is 18.8 Å². The van der Waals surface area contributed by atoms with Crippen molar-refractivity contribution in [2.24, 2.45) is 5.73 Å². The molecule has 1 aromatic rings. The minimum Gasteiger partial charge on any atom is -0.493 e. The smallest absolute Gasteiger partial charge is 0.249 e. The summed E-state index contributed by atoms with van der Waals surface area (Å²) in [6.07, 6.45) is 1.99. The first-order chi connectivity index (χ1) is 10.2. The molecule has 0 spiro atoms. The van der Waals surface area contributed by atoms with E-state index in [0.717, 1.165) is 35.0 Å². The van der Waals surface area contributed by atoms with E-state index >= 15 is 0 Å². The van der Waals surface area contributed by atoms with Gasteiger partial charge in [-0.2, -0.15) is 0 Å². The van der Waals surface area contributed by atoms with E-state index in [1.165, 1.54) is 0 Å². The standard InChI is InChI=1S/C15H19BrN2O3/c16-9-1-3-13-11(7-9)12(5-6-20-13)18-15(19)14-4-2-10(8-17)21-14/h1,3,7,10,12,14H,2,4-6,8,17H2,(H,18,19)/t10-,12?,14+/m1/s1. The molecule has 0 aromatic heterocycles. The highest BCUT2D eigenvalue weighted by molar-refractivity contribution is 9.10. The summed E-state index contributed by atoms with van der Waals surface area (Å²) in [5.41, 5.74) is 6.59. The van der Waals surface area contributed by atoms with Crippen LogP contribution in [0.1, 0.15) is 30.9 Å². The third kappa shape index (κ3) is 3.22. The molecule has 2 heterocycles. The summed E-state index contributed by atoms with van der Waals surface area (Å²) >= 11 is 3.46. The number of rotatable bonds is 3. The van der Waals surface area contributed by atoms with Crippen LogP contribution in [0.4, 0.5) is 0 Å². The van der Waals surface area contributed by atoms with Crippen LogP contribution in [-0.2, 0) is 9.53 Å². The number of nitrogens with two attached hydrogens (primary N) is 1. The first-order valence-electron chi connectivity index (χ1n) is 7.25. The molecule has 3 N–H and O–H groups in total. The van der Waals surface area contributed by atoms with Gasteiger partial charge in [0.1, 0.15) is 11.9 Å². The van der Waals surface area contributed by atoms with Crippen molar-refractivity contribution in [2.45, 2.75) is 37.5 Å². The number of nitrogens with one attached hydrogen (secondary N) is 1. The molecule has 0 radical (unpaired) electrons. The van der Waals surface area contributed by atoms with Gasteiger partial charge in [-0.3, -0.25) is 4.79 Å². The average Bonchev–Trinajstić information content (AvgIpc) is 2.97. The molecule has 3 atom stereocenters. The van der Waals surface area contributed by atoms with Gasteiger partial charge in [-0.15, -0.1) is 0 Å². The van der Waals surface area contributed by atoms with Gasteiger partial charge in [0.25, 0.3) is 0 Å². The molecule has 1 unspecified atom stereocenters. The maximum Gasteiger partial charge on any atom is 0.249 e. The van der Waals surface area contributed by atoms with Crippen LogP contribution in [0.2, 0.25) is 0 Å². The SMILES string of the molecule is NC[C@H]1CC[C@@H](C(=O)NC2CCOc3ccc(Br)cc32)O1. The summed E-state index contributed by atoms with van der Waals surface area (Å²) in [5.74, 6) is 0.783. The number of hydrogen-bond donors (Lipinski definition) is 2. The van der Waals surface area contributed by atoms with E-state index in [4.69, 9.17) is 15.2 Å². The van der Waals surface area contributed by atoms with E-state index in [9.17, 15) is 4.79 Å². The molecule has 2 aliphatic rings. The fourth-order valence-electron chi connectivity index (χ4n) is 2.85. The summed E-state index contributed by atoms with van der Waals surface area (Å²) in [4.78, 5) is 12.3. The van der Waals surface area contributed by atoms with Gasteiger partial charge in [0.15, 0.2) is 0 Å². The third-order valence-electron chi connectivity index (χ3n) is 3.99. The van der Waals surface area contributed by atoms with Crippen molar-refractivity contribution in [3.05, 3.63) is 28.2 Å². The van der Waals surface area contributed by atoms with E-state index < -0.39 is 0 Å². The predicted molar refractivity (Wildman–Crippen MR) is 82.1 cm³/mol. The van der Waals surface area contributed by atoms with Crippen LogP contribution >= 0.6 is 15.9 Å². The van der Waals surface area contributed by atoms with Gasteiger partial charge in [-0.1, -0.05) is 15.9 Å². The first kappa shape index (κ1) is 14.8. The number of carbonyl (C=O) groups excluding carboxylic acids is 1. The summed E-state index contributed by atoms with van der Waals surface area (Å²) in [5, 5.41) is 3.08. The molecule has 2 aliphatic heterocycles. The Hall–Kier alpha value is -1.11. The van der Waals surface area contributed by atoms with Crippen LogP contribution in [-0.4, -0.2) is 31.3 Å². The number of carbonyl (C=O) groups is 1. The van der Waals surface area contributed by atoms with Crippen molar-refractivity contribution in [1.82, 2.24) is 5.32 Å². The van der Waals surface area contributed by atoms with Gasteiger partial charge in [0.2, 0.25) is 5.91 Å². The minimum absolute atomic E-state index is 0.0110. The second-order valence-electron chi connectivity index (χ2n) is 5.44. The summed E-state index contributed by atoms with van der Waals surface area (Å²) in [6, 6.07) is 5.83. The average molecular weight is 355 g/mol. The molecule has 3 rings (SSSR count). The Morgan fingerprint density at radius 3 is 3.00 bits per heavy atom. The zero-order chi connectivity index (χ0) is 14.8. The normalized spacial score (nSPS) is 27.8. The lowest BCUT2D eigenvalue weighted by Crippen LogP contribution is -2.39. The van der Waals surface area contributed by atoms with Crippen molar-refractivity contribution in [1.29, 1.82) is 0 Å². The Kier molecular flexibility index (Phi) is 4.47. The van der Waals surface area contributed by atoms with Crippen molar-refractivity contribution < 1.29 is 14.3 Å². The highest BCUT2D eigenvalue weighted by Crippen LogP contribution is 2.34. The van der Waals surface area contributed by atoms with E-state index in [-0.39, 0.29) is 24.2 Å². The van der Waals surface area contributed by atoms with Crippen LogP contribution in [0.25, 0.3) is 0 Å². The Morgan fingerprint density at radius 1 is 1.38 bits per heavy atom. The lowest BCUT2D eigenvalue weighted by atomic mass is 10.00. The molecule has 0 saturated carbocycles. The fourth-order valence-corrected chi connectivity index (χ4v) is 3.23. The predicted octanol–water partition coefficient (Wildman–Crippen LogP) is 1.90. The number of ether oxygens (including phenoxy) is 2. The van der Waals surface area contributed by atoms with E-state index in [1.54, 1.807) is 0 Å². The quantitative estimate of drug-likeness (QED) is 0.869. The Balaban J connectivity index is 1.69. The number of halogens is 1. The second-order valence-corrected chi connectivity index (χ2v) is 6.36. The van der Waals surface area contributed by atoms with Gasteiger partial charge in [-0.05, 0) is 31.0 Å². The monoisotopic (exact) mass is 354 g/mol. The molecule has 0 aliphatic carbocycles. The highest BCUT2D eigenvalue weighted by atomic mass is 79.9. The number of fused-ring (bicyclic) bond motifs is 1. The van der Waals surface area contributed by atoms with Crippen molar-refractivity contribution >= 4 is 21.8 Å². The van der Waals surface area contributed by atoms with Crippen LogP contribution < -0.4 is 15.8 Å². The van der Waals surface area contributed by atoms with Gasteiger partial charge < -0.3 is 20.5 Å². The van der Waals surface area contributed by atoms with Gasteiger partial charge in [0, 0.05) is 23.0 Å². The Morgan fingerprint density at radius 2 is 2.24 bits per heavy atom. The molecule has 6 heteroatoms. The molecule has 5 nitrogen and oxygen atoms in total. The summed E-state index contributed by atoms with van der Waals surface area (Å²) < 4.78 is 12.3. The largest absolute Gasteiger partial charge is 0.493 e. The zero-order valence-electron chi connectivity index (χ0n) is 11.7. The second kappa shape index (κ2) is 6.34. The number of benzene rings is 1. The zero-order valence-corrected chi connectivity index (χ0v) is 13.3. The van der Waals surface area contributed by atoms with Crippen LogP contribution in [0.5, 0.6) is 5.75 Å². The first-order valence-corrected chi connectivity index (χ1v) is 8.05. The molecule has 1 aromatic carbocycles. The topological polar surface area (TPSA) is 73.6 Å².